The molecule has 1 aliphatic rings. The van der Waals surface area contributed by atoms with Gasteiger partial charge in [-0.1, -0.05) is 6.92 Å². The topological polar surface area (TPSA) is 29.3 Å². The van der Waals surface area contributed by atoms with Crippen LogP contribution in [0.1, 0.15) is 24.3 Å². The second-order valence-corrected chi connectivity index (χ2v) is 5.88. The fraction of sp³-hybridized carbons (Fsp3) is 0.636. The van der Waals surface area contributed by atoms with E-state index in [9.17, 15) is 0 Å². The minimum Gasteiger partial charge on any atom is -0.330 e. The molecule has 0 radical (unpaired) electrons. The maximum atomic E-state index is 5.85. The average Bonchev–Trinajstić information content (AvgIpc) is 2.82. The first kappa shape index (κ1) is 11.6. The lowest BCUT2D eigenvalue weighted by atomic mass is 9.99. The molecule has 0 aliphatic carbocycles. The summed E-state index contributed by atoms with van der Waals surface area (Å²) in [6.07, 6.45) is 1.24. The molecule has 1 saturated heterocycles. The summed E-state index contributed by atoms with van der Waals surface area (Å²) in [7, 11) is 0. The number of likely N-dealkylation sites (tertiary alicyclic amines) is 1. The molecule has 2 rings (SSSR count). The molecule has 1 aliphatic heterocycles. The predicted molar refractivity (Wildman–Crippen MR) is 69.2 cm³/mol. The van der Waals surface area contributed by atoms with Crippen molar-refractivity contribution in [2.75, 3.05) is 19.6 Å². The quantitative estimate of drug-likeness (QED) is 0.927. The molecule has 0 aromatic carbocycles. The van der Waals surface area contributed by atoms with Crippen LogP contribution in [0.3, 0.4) is 0 Å². The van der Waals surface area contributed by atoms with Crippen molar-refractivity contribution in [3.63, 3.8) is 0 Å². The van der Waals surface area contributed by atoms with Gasteiger partial charge in [-0.15, -0.1) is 11.3 Å². The molecule has 15 heavy (non-hydrogen) atoms. The summed E-state index contributed by atoms with van der Waals surface area (Å²) in [5, 5.41) is 2.16. The summed E-state index contributed by atoms with van der Waals surface area (Å²) in [5.41, 5.74) is 5.85. The Morgan fingerprint density at radius 2 is 2.47 bits per heavy atom. The van der Waals surface area contributed by atoms with E-state index in [1.54, 1.807) is 0 Å². The smallest absolute Gasteiger partial charge is 0.0482 e. The molecule has 2 heterocycles. The molecule has 2 unspecified atom stereocenters. The summed E-state index contributed by atoms with van der Waals surface area (Å²) >= 11 is 5.36. The number of nitrogens with two attached hydrogens (primary N) is 1. The Bertz CT molecular complexity index is 314. The van der Waals surface area contributed by atoms with Gasteiger partial charge in [-0.05, 0) is 54.0 Å². The zero-order valence-electron chi connectivity index (χ0n) is 8.95. The predicted octanol–water partition coefficient (Wildman–Crippen LogP) is 2.85. The summed E-state index contributed by atoms with van der Waals surface area (Å²) in [6.45, 7) is 5.35. The van der Waals surface area contributed by atoms with E-state index in [4.69, 9.17) is 5.73 Å². The Labute approximate surface area is 104 Å². The number of hydrogen-bond donors (Lipinski definition) is 1. The monoisotopic (exact) mass is 288 g/mol. The van der Waals surface area contributed by atoms with Crippen molar-refractivity contribution >= 4 is 27.3 Å². The Morgan fingerprint density at radius 3 is 3.00 bits per heavy atom. The third-order valence-corrected chi connectivity index (χ3v) is 4.98. The molecule has 2 atom stereocenters. The fourth-order valence-electron chi connectivity index (χ4n) is 2.42. The van der Waals surface area contributed by atoms with Crippen molar-refractivity contribution in [2.24, 2.45) is 11.7 Å². The molecule has 0 amide bonds. The minimum atomic E-state index is 0.552. The average molecular weight is 289 g/mol. The second-order valence-electron chi connectivity index (χ2n) is 4.03. The van der Waals surface area contributed by atoms with Gasteiger partial charge in [-0.25, -0.2) is 0 Å². The van der Waals surface area contributed by atoms with Gasteiger partial charge in [0.25, 0.3) is 0 Å². The fourth-order valence-corrected chi connectivity index (χ4v) is 4.10. The van der Waals surface area contributed by atoms with E-state index < -0.39 is 0 Å². The van der Waals surface area contributed by atoms with Crippen molar-refractivity contribution in [1.29, 1.82) is 0 Å². The maximum absolute atomic E-state index is 5.85. The van der Waals surface area contributed by atoms with Crippen molar-refractivity contribution in [3.05, 3.63) is 20.8 Å². The van der Waals surface area contributed by atoms with Crippen molar-refractivity contribution in [3.8, 4) is 0 Å². The van der Waals surface area contributed by atoms with Gasteiger partial charge >= 0.3 is 0 Å². The van der Waals surface area contributed by atoms with Gasteiger partial charge in [0.2, 0.25) is 0 Å². The molecule has 0 spiro atoms. The SMILES string of the molecule is CCN1CCC(CN)C1c1cc(Br)cs1. The molecular formula is C11H17BrN2S. The van der Waals surface area contributed by atoms with Gasteiger partial charge in [0, 0.05) is 20.8 Å². The first-order valence-electron chi connectivity index (χ1n) is 5.44. The zero-order chi connectivity index (χ0) is 10.8. The van der Waals surface area contributed by atoms with E-state index in [1.807, 2.05) is 11.3 Å². The Hall–Kier alpha value is 0.1000. The summed E-state index contributed by atoms with van der Waals surface area (Å²) in [6, 6.07) is 2.79. The third-order valence-electron chi connectivity index (χ3n) is 3.22. The molecule has 1 aromatic rings. The Kier molecular flexibility index (Phi) is 3.83. The van der Waals surface area contributed by atoms with Crippen molar-refractivity contribution < 1.29 is 0 Å². The van der Waals surface area contributed by atoms with Crippen LogP contribution >= 0.6 is 27.3 Å². The van der Waals surface area contributed by atoms with E-state index in [-0.39, 0.29) is 0 Å². The van der Waals surface area contributed by atoms with Crippen molar-refractivity contribution in [1.82, 2.24) is 4.90 Å². The van der Waals surface area contributed by atoms with Gasteiger partial charge < -0.3 is 5.73 Å². The standard InChI is InChI=1S/C11H17BrN2S/c1-2-14-4-3-8(6-13)11(14)10-5-9(12)7-15-10/h5,7-8,11H,2-4,6,13H2,1H3. The zero-order valence-corrected chi connectivity index (χ0v) is 11.4. The first-order chi connectivity index (χ1) is 7.26. The van der Waals surface area contributed by atoms with Gasteiger partial charge in [-0.3, -0.25) is 4.90 Å². The highest BCUT2D eigenvalue weighted by molar-refractivity contribution is 9.10. The van der Waals surface area contributed by atoms with Crippen LogP contribution in [-0.2, 0) is 0 Å². The highest BCUT2D eigenvalue weighted by Gasteiger charge is 2.34. The molecule has 84 valence electrons. The lowest BCUT2D eigenvalue weighted by Gasteiger charge is -2.25. The molecular weight excluding hydrogens is 272 g/mol. The van der Waals surface area contributed by atoms with Crippen LogP contribution in [0.2, 0.25) is 0 Å². The lowest BCUT2D eigenvalue weighted by molar-refractivity contribution is 0.245. The summed E-state index contributed by atoms with van der Waals surface area (Å²) < 4.78 is 1.20. The van der Waals surface area contributed by atoms with Gasteiger partial charge in [0.1, 0.15) is 0 Å². The van der Waals surface area contributed by atoms with Crippen LogP contribution < -0.4 is 5.73 Å². The van der Waals surface area contributed by atoms with E-state index in [2.05, 4.69) is 39.2 Å². The number of hydrogen-bond acceptors (Lipinski definition) is 3. The molecule has 2 nitrogen and oxygen atoms in total. The molecule has 1 aromatic heterocycles. The van der Waals surface area contributed by atoms with E-state index in [1.165, 1.54) is 22.3 Å². The molecule has 0 bridgehead atoms. The summed E-state index contributed by atoms with van der Waals surface area (Å²) in [4.78, 5) is 3.99. The summed E-state index contributed by atoms with van der Waals surface area (Å²) in [5.74, 6) is 0.635. The number of rotatable bonds is 3. The van der Waals surface area contributed by atoms with E-state index in [0.29, 0.717) is 12.0 Å². The van der Waals surface area contributed by atoms with Gasteiger partial charge in [-0.2, -0.15) is 0 Å². The number of halogens is 1. The van der Waals surface area contributed by atoms with E-state index >= 15 is 0 Å². The second kappa shape index (κ2) is 4.95. The van der Waals surface area contributed by atoms with Crippen molar-refractivity contribution in [2.45, 2.75) is 19.4 Å². The van der Waals surface area contributed by atoms with E-state index in [0.717, 1.165) is 13.1 Å². The van der Waals surface area contributed by atoms with Crippen LogP contribution in [0, 0.1) is 5.92 Å². The normalized spacial score (nSPS) is 27.4. The van der Waals surface area contributed by atoms with Gasteiger partial charge in [0.15, 0.2) is 0 Å². The Balaban J connectivity index is 2.22. The Morgan fingerprint density at radius 1 is 1.67 bits per heavy atom. The van der Waals surface area contributed by atoms with Crippen LogP contribution in [-0.4, -0.2) is 24.5 Å². The highest BCUT2D eigenvalue weighted by atomic mass is 79.9. The lowest BCUT2D eigenvalue weighted by Crippen LogP contribution is -2.27. The van der Waals surface area contributed by atoms with Crippen LogP contribution in [0.5, 0.6) is 0 Å². The minimum absolute atomic E-state index is 0.552. The number of nitrogens with zero attached hydrogens (tertiary/aromatic N) is 1. The van der Waals surface area contributed by atoms with Gasteiger partial charge in [0.05, 0.1) is 0 Å². The molecule has 4 heteroatoms. The van der Waals surface area contributed by atoms with Crippen LogP contribution in [0.25, 0.3) is 0 Å². The number of thiophene rings is 1. The maximum Gasteiger partial charge on any atom is 0.0482 e. The third kappa shape index (κ3) is 2.28. The highest BCUT2D eigenvalue weighted by Crippen LogP contribution is 2.39. The largest absolute Gasteiger partial charge is 0.330 e. The molecule has 2 N–H and O–H groups in total. The van der Waals surface area contributed by atoms with Crippen LogP contribution in [0.15, 0.2) is 15.9 Å². The molecule has 0 saturated carbocycles. The first-order valence-corrected chi connectivity index (χ1v) is 7.11. The molecule has 1 fully saturated rings. The van der Waals surface area contributed by atoms with Crippen LogP contribution in [0.4, 0.5) is 0 Å².